The smallest absolute Gasteiger partial charge is 0.404 e. The molecule has 78 valence electrons. The lowest BCUT2D eigenvalue weighted by Gasteiger charge is -2.12. The van der Waals surface area contributed by atoms with E-state index >= 15 is 0 Å². The summed E-state index contributed by atoms with van der Waals surface area (Å²) in [4.78, 5) is 3.58. The van der Waals surface area contributed by atoms with Crippen molar-refractivity contribution in [1.82, 2.24) is 4.98 Å². The van der Waals surface area contributed by atoms with Crippen molar-refractivity contribution in [3.63, 3.8) is 0 Å². The molecule has 0 spiro atoms. The van der Waals surface area contributed by atoms with Crippen molar-refractivity contribution in [2.75, 3.05) is 0 Å². The van der Waals surface area contributed by atoms with E-state index in [0.717, 1.165) is 6.20 Å². The molecule has 0 radical (unpaired) electrons. The second-order valence-corrected chi connectivity index (χ2v) is 2.97. The van der Waals surface area contributed by atoms with Gasteiger partial charge in [0.05, 0.1) is 5.88 Å². The maximum Gasteiger partial charge on any atom is 0.573 e. The largest absolute Gasteiger partial charge is 0.573 e. The molecule has 0 aliphatic rings. The van der Waals surface area contributed by atoms with E-state index in [4.69, 9.17) is 23.2 Å². The summed E-state index contributed by atoms with van der Waals surface area (Å²) in [5, 5.41) is -0.222. The zero-order chi connectivity index (χ0) is 10.8. The van der Waals surface area contributed by atoms with E-state index in [1.807, 2.05) is 0 Å². The summed E-state index contributed by atoms with van der Waals surface area (Å²) in [6.07, 6.45) is -2.57. The van der Waals surface area contributed by atoms with Crippen LogP contribution in [-0.2, 0) is 5.88 Å². The van der Waals surface area contributed by atoms with Crippen molar-refractivity contribution in [3.05, 3.63) is 23.0 Å². The molecule has 7 heteroatoms. The van der Waals surface area contributed by atoms with Crippen LogP contribution in [-0.4, -0.2) is 11.3 Å². The number of hydrogen-bond acceptors (Lipinski definition) is 2. The van der Waals surface area contributed by atoms with Gasteiger partial charge in [0.15, 0.2) is 5.75 Å². The molecule has 0 aromatic carbocycles. The van der Waals surface area contributed by atoms with Gasteiger partial charge in [-0.2, -0.15) is 0 Å². The average molecular weight is 246 g/mol. The summed E-state index contributed by atoms with van der Waals surface area (Å²) in [5.74, 6) is -0.650. The van der Waals surface area contributed by atoms with Crippen molar-refractivity contribution in [3.8, 4) is 5.75 Å². The number of rotatable bonds is 2. The van der Waals surface area contributed by atoms with Crippen LogP contribution in [0.5, 0.6) is 5.75 Å². The van der Waals surface area contributed by atoms with E-state index in [9.17, 15) is 13.2 Å². The first-order valence-corrected chi connectivity index (χ1v) is 4.29. The minimum Gasteiger partial charge on any atom is -0.404 e. The second-order valence-electron chi connectivity index (χ2n) is 2.29. The van der Waals surface area contributed by atoms with Crippen LogP contribution < -0.4 is 4.74 Å². The van der Waals surface area contributed by atoms with Gasteiger partial charge in [-0.1, -0.05) is 11.6 Å². The van der Waals surface area contributed by atoms with E-state index in [2.05, 4.69) is 9.72 Å². The lowest BCUT2D eigenvalue weighted by molar-refractivity contribution is -0.274. The molecule has 0 N–H and O–H groups in total. The highest BCUT2D eigenvalue weighted by molar-refractivity contribution is 6.32. The van der Waals surface area contributed by atoms with Gasteiger partial charge in [0, 0.05) is 18.0 Å². The first kappa shape index (κ1) is 11.4. The molecule has 0 aliphatic heterocycles. The van der Waals surface area contributed by atoms with E-state index in [-0.39, 0.29) is 16.5 Å². The van der Waals surface area contributed by atoms with Gasteiger partial charge in [-0.05, 0) is 0 Å². The monoisotopic (exact) mass is 245 g/mol. The molecule has 0 saturated heterocycles. The third-order valence-corrected chi connectivity index (χ3v) is 1.85. The molecule has 0 unspecified atom stereocenters. The van der Waals surface area contributed by atoms with Gasteiger partial charge in [0.25, 0.3) is 0 Å². The Morgan fingerprint density at radius 3 is 2.50 bits per heavy atom. The topological polar surface area (TPSA) is 22.1 Å². The number of nitrogens with zero attached hydrogens (tertiary/aromatic N) is 1. The molecule has 1 heterocycles. The second kappa shape index (κ2) is 4.23. The summed E-state index contributed by atoms with van der Waals surface area (Å²) >= 11 is 10.9. The van der Waals surface area contributed by atoms with Crippen molar-refractivity contribution in [1.29, 1.82) is 0 Å². The number of hydrogen-bond donors (Lipinski definition) is 0. The molecule has 0 bridgehead atoms. The van der Waals surface area contributed by atoms with Gasteiger partial charge in [-0.25, -0.2) is 0 Å². The van der Waals surface area contributed by atoms with E-state index in [0.29, 0.717) is 0 Å². The molecule has 1 aromatic rings. The van der Waals surface area contributed by atoms with Gasteiger partial charge in [0.2, 0.25) is 0 Å². The summed E-state index contributed by atoms with van der Waals surface area (Å²) in [6.45, 7) is 0. The molecule has 1 rings (SSSR count). The highest BCUT2D eigenvalue weighted by atomic mass is 35.5. The summed E-state index contributed by atoms with van der Waals surface area (Å²) in [7, 11) is 0. The molecule has 14 heavy (non-hydrogen) atoms. The van der Waals surface area contributed by atoms with Crippen LogP contribution in [0.15, 0.2) is 12.4 Å². The summed E-state index contributed by atoms with van der Waals surface area (Å²) < 4.78 is 39.4. The first-order chi connectivity index (χ1) is 6.44. The van der Waals surface area contributed by atoms with Crippen molar-refractivity contribution < 1.29 is 17.9 Å². The molecule has 0 saturated carbocycles. The minimum atomic E-state index is -4.79. The van der Waals surface area contributed by atoms with Crippen molar-refractivity contribution in [2.24, 2.45) is 0 Å². The van der Waals surface area contributed by atoms with Crippen LogP contribution in [0.3, 0.4) is 0 Å². The molecule has 0 amide bonds. The average Bonchev–Trinajstić information content (AvgIpc) is 2.06. The molecule has 0 atom stereocenters. The summed E-state index contributed by atoms with van der Waals surface area (Å²) in [6, 6.07) is 0. The number of pyridine rings is 1. The predicted molar refractivity (Wildman–Crippen MR) is 45.5 cm³/mol. The Morgan fingerprint density at radius 1 is 1.36 bits per heavy atom. The fourth-order valence-corrected chi connectivity index (χ4v) is 1.20. The third-order valence-electron chi connectivity index (χ3n) is 1.29. The zero-order valence-corrected chi connectivity index (χ0v) is 8.12. The Kier molecular flexibility index (Phi) is 3.44. The Balaban J connectivity index is 3.05. The van der Waals surface area contributed by atoms with E-state index < -0.39 is 12.1 Å². The van der Waals surface area contributed by atoms with Gasteiger partial charge in [-0.3, -0.25) is 4.98 Å². The third kappa shape index (κ3) is 2.92. The molecule has 0 fully saturated rings. The van der Waals surface area contributed by atoms with Crippen molar-refractivity contribution >= 4 is 23.2 Å². The Hall–Kier alpha value is -0.680. The van der Waals surface area contributed by atoms with Crippen LogP contribution in [0.25, 0.3) is 0 Å². The van der Waals surface area contributed by atoms with Crippen molar-refractivity contribution in [2.45, 2.75) is 12.2 Å². The molecular formula is C7H4Cl2F3NO. The fourth-order valence-electron chi connectivity index (χ4n) is 0.789. The normalized spacial score (nSPS) is 11.5. The first-order valence-electron chi connectivity index (χ1n) is 3.38. The minimum absolute atomic E-state index is 0.0940. The SMILES string of the molecule is FC(F)(F)Oc1c(Cl)cncc1CCl. The van der Waals surface area contributed by atoms with E-state index in [1.54, 1.807) is 0 Å². The maximum absolute atomic E-state index is 11.9. The summed E-state index contributed by atoms with van der Waals surface area (Å²) in [5.41, 5.74) is 0.0940. The lowest BCUT2D eigenvalue weighted by Crippen LogP contribution is -2.18. The Morgan fingerprint density at radius 2 is 2.00 bits per heavy atom. The number of aromatic nitrogens is 1. The van der Waals surface area contributed by atoms with Gasteiger partial charge in [-0.15, -0.1) is 24.8 Å². The van der Waals surface area contributed by atoms with Crippen LogP contribution in [0.1, 0.15) is 5.56 Å². The van der Waals surface area contributed by atoms with Gasteiger partial charge >= 0.3 is 6.36 Å². The molecular weight excluding hydrogens is 242 g/mol. The Labute approximate surface area is 87.6 Å². The van der Waals surface area contributed by atoms with Gasteiger partial charge in [0.1, 0.15) is 5.02 Å². The van der Waals surface area contributed by atoms with Gasteiger partial charge < -0.3 is 4.74 Å². The van der Waals surface area contributed by atoms with Crippen LogP contribution in [0.2, 0.25) is 5.02 Å². The quantitative estimate of drug-likeness (QED) is 0.746. The molecule has 1 aromatic heterocycles. The number of halogens is 5. The van der Waals surface area contributed by atoms with Crippen LogP contribution in [0, 0.1) is 0 Å². The molecule has 0 aliphatic carbocycles. The lowest BCUT2D eigenvalue weighted by atomic mass is 10.3. The van der Waals surface area contributed by atoms with Crippen LogP contribution >= 0.6 is 23.2 Å². The maximum atomic E-state index is 11.9. The number of alkyl halides is 4. The zero-order valence-electron chi connectivity index (χ0n) is 6.61. The van der Waals surface area contributed by atoms with E-state index in [1.165, 1.54) is 6.20 Å². The fraction of sp³-hybridized carbons (Fsp3) is 0.286. The van der Waals surface area contributed by atoms with Crippen LogP contribution in [0.4, 0.5) is 13.2 Å². The predicted octanol–water partition coefficient (Wildman–Crippen LogP) is 3.37. The Bertz CT molecular complexity index is 329. The molecule has 2 nitrogen and oxygen atoms in total. The number of ether oxygens (including phenoxy) is 1. The highest BCUT2D eigenvalue weighted by Crippen LogP contribution is 2.33. The highest BCUT2D eigenvalue weighted by Gasteiger charge is 2.33. The standard InChI is InChI=1S/C7H4Cl2F3NO/c8-1-4-2-13-3-5(9)6(4)14-7(10,11)12/h2-3H,1H2.